The molecule has 3 aliphatic heterocycles. The van der Waals surface area contributed by atoms with Crippen LogP contribution in [0.2, 0.25) is 0 Å². The molecule has 0 spiro atoms. The first kappa shape index (κ1) is 17.2. The molecule has 4 aliphatic rings. The lowest BCUT2D eigenvalue weighted by Crippen LogP contribution is -2.57. The van der Waals surface area contributed by atoms with Crippen molar-refractivity contribution in [2.45, 2.75) is 88.1 Å². The van der Waals surface area contributed by atoms with E-state index in [1.165, 1.54) is 63.5 Å². The normalized spacial score (nSPS) is 40.7. The maximum Gasteiger partial charge on any atom is 0.0239 e. The van der Waals surface area contributed by atoms with Crippen LogP contribution in [-0.2, 0) is 6.54 Å². The second-order valence-corrected chi connectivity index (χ2v) is 9.42. The van der Waals surface area contributed by atoms with Crippen LogP contribution in [0.5, 0.6) is 0 Å². The van der Waals surface area contributed by atoms with Crippen molar-refractivity contribution in [1.29, 1.82) is 0 Å². The third-order valence-electron chi connectivity index (χ3n) is 7.95. The summed E-state index contributed by atoms with van der Waals surface area (Å²) >= 11 is 0. The summed E-state index contributed by atoms with van der Waals surface area (Å²) in [6.07, 6.45) is 11.2. The van der Waals surface area contributed by atoms with Crippen LogP contribution in [0.3, 0.4) is 0 Å². The van der Waals surface area contributed by atoms with Crippen LogP contribution in [-0.4, -0.2) is 53.6 Å². The van der Waals surface area contributed by atoms with E-state index in [2.05, 4.69) is 52.5 Å². The summed E-state index contributed by atoms with van der Waals surface area (Å²) in [5.41, 5.74) is 1.49. The number of hydrogen-bond acceptors (Lipinski definition) is 3. The summed E-state index contributed by atoms with van der Waals surface area (Å²) in [6.45, 7) is 2.44. The Hall–Kier alpha value is -0.900. The van der Waals surface area contributed by atoms with Crippen molar-refractivity contribution in [1.82, 2.24) is 15.1 Å². The SMILES string of the molecule is CN1CCC(NC2CC3CCC(C2)N3Cc2ccccc2)C2CCCC21. The lowest BCUT2D eigenvalue weighted by molar-refractivity contribution is 0.0728. The molecule has 0 amide bonds. The Morgan fingerprint density at radius 2 is 1.73 bits per heavy atom. The molecule has 5 rings (SSSR count). The maximum atomic E-state index is 4.18. The largest absolute Gasteiger partial charge is 0.311 e. The summed E-state index contributed by atoms with van der Waals surface area (Å²) in [5.74, 6) is 0.911. The zero-order chi connectivity index (χ0) is 17.5. The lowest BCUT2D eigenvalue weighted by atomic mass is 9.85. The molecule has 5 unspecified atom stereocenters. The van der Waals surface area contributed by atoms with Crippen molar-refractivity contribution in [2.24, 2.45) is 5.92 Å². The van der Waals surface area contributed by atoms with E-state index in [0.29, 0.717) is 0 Å². The van der Waals surface area contributed by atoms with Gasteiger partial charge in [0, 0.05) is 36.8 Å². The Balaban J connectivity index is 1.21. The van der Waals surface area contributed by atoms with E-state index >= 15 is 0 Å². The number of likely N-dealkylation sites (tertiary alicyclic amines) is 1. The van der Waals surface area contributed by atoms with E-state index in [1.807, 2.05) is 0 Å². The molecular formula is C23H35N3. The van der Waals surface area contributed by atoms with Crippen LogP contribution in [0.25, 0.3) is 0 Å². The standard InChI is InChI=1S/C23H35N3/c1-25-13-12-22(21-8-5-9-23(21)25)24-18-14-19-10-11-20(15-18)26(19)16-17-6-3-2-4-7-17/h2-4,6-7,18-24H,5,8-16H2,1H3. The Morgan fingerprint density at radius 1 is 0.962 bits per heavy atom. The van der Waals surface area contributed by atoms with Gasteiger partial charge in [-0.05, 0) is 70.0 Å². The Bertz CT molecular complexity index is 589. The zero-order valence-corrected chi connectivity index (χ0v) is 16.3. The highest BCUT2D eigenvalue weighted by Crippen LogP contribution is 2.40. The first-order valence-corrected chi connectivity index (χ1v) is 11.0. The van der Waals surface area contributed by atoms with Gasteiger partial charge in [0.15, 0.2) is 0 Å². The molecule has 2 bridgehead atoms. The monoisotopic (exact) mass is 353 g/mol. The first-order valence-electron chi connectivity index (χ1n) is 11.0. The molecule has 3 heteroatoms. The van der Waals surface area contributed by atoms with Gasteiger partial charge in [0.2, 0.25) is 0 Å². The van der Waals surface area contributed by atoms with E-state index in [1.54, 1.807) is 0 Å². The van der Waals surface area contributed by atoms with Gasteiger partial charge in [-0.2, -0.15) is 0 Å². The van der Waals surface area contributed by atoms with Crippen LogP contribution >= 0.6 is 0 Å². The first-order chi connectivity index (χ1) is 12.8. The van der Waals surface area contributed by atoms with Gasteiger partial charge in [-0.1, -0.05) is 36.8 Å². The van der Waals surface area contributed by atoms with Crippen molar-refractivity contribution in [3.63, 3.8) is 0 Å². The minimum Gasteiger partial charge on any atom is -0.311 e. The van der Waals surface area contributed by atoms with Crippen LogP contribution in [0.15, 0.2) is 30.3 Å². The molecule has 1 aromatic rings. The summed E-state index contributed by atoms with van der Waals surface area (Å²) in [4.78, 5) is 5.46. The fraction of sp³-hybridized carbons (Fsp3) is 0.739. The maximum absolute atomic E-state index is 4.18. The Labute approximate surface area is 159 Å². The smallest absolute Gasteiger partial charge is 0.0239 e. The molecule has 1 aliphatic carbocycles. The number of benzene rings is 1. The predicted octanol–water partition coefficient (Wildman–Crippen LogP) is 3.64. The highest BCUT2D eigenvalue weighted by atomic mass is 15.2. The summed E-state index contributed by atoms with van der Waals surface area (Å²) in [7, 11) is 2.35. The number of rotatable bonds is 4. The topological polar surface area (TPSA) is 18.5 Å². The fourth-order valence-electron chi connectivity index (χ4n) is 6.68. The molecule has 3 heterocycles. The number of nitrogens with one attached hydrogen (secondary N) is 1. The third kappa shape index (κ3) is 3.23. The zero-order valence-electron chi connectivity index (χ0n) is 16.3. The average molecular weight is 354 g/mol. The van der Waals surface area contributed by atoms with Gasteiger partial charge in [0.1, 0.15) is 0 Å². The van der Waals surface area contributed by atoms with E-state index in [-0.39, 0.29) is 0 Å². The van der Waals surface area contributed by atoms with E-state index in [4.69, 9.17) is 0 Å². The average Bonchev–Trinajstić information content (AvgIpc) is 3.23. The number of piperidine rings is 2. The van der Waals surface area contributed by atoms with E-state index < -0.39 is 0 Å². The molecule has 0 aromatic heterocycles. The third-order valence-corrected chi connectivity index (χ3v) is 7.95. The highest BCUT2D eigenvalue weighted by Gasteiger charge is 2.44. The minimum atomic E-state index is 0.758. The second kappa shape index (κ2) is 7.26. The van der Waals surface area contributed by atoms with Gasteiger partial charge in [-0.15, -0.1) is 0 Å². The number of fused-ring (bicyclic) bond motifs is 3. The van der Waals surface area contributed by atoms with Gasteiger partial charge >= 0.3 is 0 Å². The number of hydrogen-bond donors (Lipinski definition) is 1. The molecule has 142 valence electrons. The molecule has 1 N–H and O–H groups in total. The van der Waals surface area contributed by atoms with Crippen molar-refractivity contribution in [2.75, 3.05) is 13.6 Å². The van der Waals surface area contributed by atoms with Crippen molar-refractivity contribution in [3.8, 4) is 0 Å². The highest BCUT2D eigenvalue weighted by molar-refractivity contribution is 5.16. The van der Waals surface area contributed by atoms with Crippen molar-refractivity contribution in [3.05, 3.63) is 35.9 Å². The van der Waals surface area contributed by atoms with Gasteiger partial charge < -0.3 is 10.2 Å². The molecule has 3 saturated heterocycles. The van der Waals surface area contributed by atoms with Crippen molar-refractivity contribution < 1.29 is 0 Å². The second-order valence-electron chi connectivity index (χ2n) is 9.42. The van der Waals surface area contributed by atoms with E-state index in [9.17, 15) is 0 Å². The molecule has 3 nitrogen and oxygen atoms in total. The van der Waals surface area contributed by atoms with Crippen molar-refractivity contribution >= 4 is 0 Å². The van der Waals surface area contributed by atoms with E-state index in [0.717, 1.165) is 42.7 Å². The molecule has 1 saturated carbocycles. The summed E-state index contributed by atoms with van der Waals surface area (Å²) in [5, 5.41) is 4.18. The van der Waals surface area contributed by atoms with Gasteiger partial charge in [0.05, 0.1) is 0 Å². The molecule has 4 fully saturated rings. The minimum absolute atomic E-state index is 0.758. The van der Waals surface area contributed by atoms with Crippen LogP contribution < -0.4 is 5.32 Å². The Morgan fingerprint density at radius 3 is 2.50 bits per heavy atom. The van der Waals surface area contributed by atoms with Crippen LogP contribution in [0, 0.1) is 5.92 Å². The molecule has 5 atom stereocenters. The molecular weight excluding hydrogens is 318 g/mol. The van der Waals surface area contributed by atoms with Gasteiger partial charge in [-0.3, -0.25) is 4.90 Å². The summed E-state index contributed by atoms with van der Waals surface area (Å²) in [6, 6.07) is 15.1. The van der Waals surface area contributed by atoms with Crippen LogP contribution in [0.1, 0.15) is 56.9 Å². The van der Waals surface area contributed by atoms with Gasteiger partial charge in [-0.25, -0.2) is 0 Å². The molecule has 26 heavy (non-hydrogen) atoms. The molecule has 1 aromatic carbocycles. The predicted molar refractivity (Wildman–Crippen MR) is 107 cm³/mol. The van der Waals surface area contributed by atoms with Crippen LogP contribution in [0.4, 0.5) is 0 Å². The fourth-order valence-corrected chi connectivity index (χ4v) is 6.68. The van der Waals surface area contributed by atoms with Gasteiger partial charge in [0.25, 0.3) is 0 Å². The lowest BCUT2D eigenvalue weighted by Gasteiger charge is -2.45. The Kier molecular flexibility index (Phi) is 4.80. The summed E-state index contributed by atoms with van der Waals surface area (Å²) < 4.78 is 0. The molecule has 0 radical (unpaired) electrons. The quantitative estimate of drug-likeness (QED) is 0.891. The number of nitrogens with zero attached hydrogens (tertiary/aromatic N) is 2.